The number of aryl methyl sites for hydroxylation is 1. The molecule has 238 valence electrons. The van der Waals surface area contributed by atoms with Gasteiger partial charge in [-0.2, -0.15) is 0 Å². The molecular formula is C31H41F3N8O2. The fourth-order valence-electron chi connectivity index (χ4n) is 6.51. The molecule has 3 aliphatic heterocycles. The monoisotopic (exact) mass is 614 g/mol. The highest BCUT2D eigenvalue weighted by molar-refractivity contribution is 5.97. The second-order valence-corrected chi connectivity index (χ2v) is 11.9. The number of nitrogens with zero attached hydrogens (tertiary/aromatic N) is 6. The quantitative estimate of drug-likeness (QED) is 0.394. The molecule has 0 radical (unpaired) electrons. The lowest BCUT2D eigenvalue weighted by atomic mass is 10.00. The molecule has 0 atom stereocenters. The van der Waals surface area contributed by atoms with Crippen LogP contribution in [0.15, 0.2) is 24.4 Å². The van der Waals surface area contributed by atoms with Crippen LogP contribution in [0.3, 0.4) is 0 Å². The van der Waals surface area contributed by atoms with E-state index >= 15 is 0 Å². The summed E-state index contributed by atoms with van der Waals surface area (Å²) < 4.78 is 51.2. The number of hydrogen-bond acceptors (Lipinski definition) is 10. The molecule has 0 aliphatic carbocycles. The van der Waals surface area contributed by atoms with E-state index in [-0.39, 0.29) is 17.6 Å². The van der Waals surface area contributed by atoms with Crippen molar-refractivity contribution in [1.82, 2.24) is 24.8 Å². The van der Waals surface area contributed by atoms with Crippen LogP contribution in [-0.2, 0) is 11.2 Å². The summed E-state index contributed by atoms with van der Waals surface area (Å²) in [5.41, 5.74) is 9.34. The van der Waals surface area contributed by atoms with Gasteiger partial charge in [-0.1, -0.05) is 13.0 Å². The SMILES string of the molecule is CCc1nc2c(N)ncc(-c3ccc(N4CCC(N5CCN(C)CC5)CC4)c(OC(F)(F)F)c3)c2nc1NC1CCOCC1. The van der Waals surface area contributed by atoms with Crippen LogP contribution in [0, 0.1) is 0 Å². The summed E-state index contributed by atoms with van der Waals surface area (Å²) in [4.78, 5) is 20.9. The minimum atomic E-state index is -4.84. The highest BCUT2D eigenvalue weighted by Crippen LogP contribution is 2.40. The molecule has 0 spiro atoms. The molecule has 13 heteroatoms. The second-order valence-electron chi connectivity index (χ2n) is 11.9. The number of fused-ring (bicyclic) bond motifs is 1. The number of aromatic nitrogens is 3. The molecule has 0 bridgehead atoms. The van der Waals surface area contributed by atoms with E-state index in [9.17, 15) is 13.2 Å². The van der Waals surface area contributed by atoms with Gasteiger partial charge in [-0.25, -0.2) is 15.0 Å². The Morgan fingerprint density at radius 3 is 2.41 bits per heavy atom. The molecule has 0 unspecified atom stereocenters. The minimum Gasteiger partial charge on any atom is -0.404 e. The molecule has 3 N–H and O–H groups in total. The number of nitrogens with two attached hydrogens (primary N) is 1. The number of likely N-dealkylation sites (N-methyl/N-ethyl adjacent to an activating group) is 1. The van der Waals surface area contributed by atoms with Gasteiger partial charge in [0.25, 0.3) is 0 Å². The number of pyridine rings is 1. The number of nitrogens with one attached hydrogen (secondary N) is 1. The Bertz CT molecular complexity index is 1450. The zero-order valence-corrected chi connectivity index (χ0v) is 25.4. The van der Waals surface area contributed by atoms with Crippen LogP contribution in [0.5, 0.6) is 5.75 Å². The molecule has 10 nitrogen and oxygen atoms in total. The van der Waals surface area contributed by atoms with Gasteiger partial charge in [0.15, 0.2) is 11.6 Å². The lowest BCUT2D eigenvalue weighted by molar-refractivity contribution is -0.274. The number of nitrogen functional groups attached to an aromatic ring is 1. The molecule has 3 fully saturated rings. The lowest BCUT2D eigenvalue weighted by Crippen LogP contribution is -2.52. The molecule has 6 rings (SSSR count). The predicted octanol–water partition coefficient (Wildman–Crippen LogP) is 4.54. The first-order valence-electron chi connectivity index (χ1n) is 15.6. The van der Waals surface area contributed by atoms with Gasteiger partial charge >= 0.3 is 6.36 Å². The van der Waals surface area contributed by atoms with E-state index in [0.29, 0.717) is 72.4 Å². The summed E-state index contributed by atoms with van der Waals surface area (Å²) in [7, 11) is 2.13. The summed E-state index contributed by atoms with van der Waals surface area (Å²) in [6.45, 7) is 8.77. The van der Waals surface area contributed by atoms with Gasteiger partial charge in [0.05, 0.1) is 11.4 Å². The normalized spacial score (nSPS) is 19.9. The van der Waals surface area contributed by atoms with Crippen molar-refractivity contribution in [2.24, 2.45) is 0 Å². The van der Waals surface area contributed by atoms with E-state index in [1.165, 1.54) is 6.07 Å². The first kappa shape index (κ1) is 30.6. The van der Waals surface area contributed by atoms with Crippen molar-refractivity contribution >= 4 is 28.4 Å². The number of piperidine rings is 1. The third-order valence-corrected chi connectivity index (χ3v) is 9.05. The van der Waals surface area contributed by atoms with Crippen LogP contribution in [0.25, 0.3) is 22.2 Å². The summed E-state index contributed by atoms with van der Waals surface area (Å²) in [6.07, 6.45) is 0.805. The molecule has 1 aromatic carbocycles. The molecule has 5 heterocycles. The van der Waals surface area contributed by atoms with E-state index in [1.54, 1.807) is 18.3 Å². The molecule has 2 aromatic heterocycles. The Labute approximate surface area is 255 Å². The first-order chi connectivity index (χ1) is 21.2. The van der Waals surface area contributed by atoms with Gasteiger partial charge in [-0.05, 0) is 56.8 Å². The van der Waals surface area contributed by atoms with E-state index in [1.807, 2.05) is 11.8 Å². The Kier molecular flexibility index (Phi) is 8.97. The molecule has 3 aromatic rings. The Hall–Kier alpha value is -3.42. The van der Waals surface area contributed by atoms with E-state index in [4.69, 9.17) is 20.4 Å². The topological polar surface area (TPSA) is 105 Å². The Balaban J connectivity index is 1.31. The van der Waals surface area contributed by atoms with Crippen molar-refractivity contribution in [2.45, 2.75) is 57.5 Å². The van der Waals surface area contributed by atoms with E-state index in [0.717, 1.165) is 57.6 Å². The fraction of sp³-hybridized carbons (Fsp3) is 0.581. The molecule has 44 heavy (non-hydrogen) atoms. The maximum Gasteiger partial charge on any atom is 0.573 e. The molecular weight excluding hydrogens is 573 g/mol. The molecule has 0 amide bonds. The van der Waals surface area contributed by atoms with E-state index in [2.05, 4.69) is 31.9 Å². The third-order valence-electron chi connectivity index (χ3n) is 9.05. The summed E-state index contributed by atoms with van der Waals surface area (Å²) >= 11 is 0. The minimum absolute atomic E-state index is 0.190. The third kappa shape index (κ3) is 6.79. The molecule has 3 saturated heterocycles. The number of halogens is 3. The number of anilines is 3. The van der Waals surface area contributed by atoms with Crippen LogP contribution in [-0.4, -0.2) is 103 Å². The zero-order chi connectivity index (χ0) is 30.8. The van der Waals surface area contributed by atoms with Gasteiger partial charge in [0, 0.05) is 76.3 Å². The molecule has 0 saturated carbocycles. The average Bonchev–Trinajstić information content (AvgIpc) is 3.01. The van der Waals surface area contributed by atoms with Crippen molar-refractivity contribution in [3.05, 3.63) is 30.1 Å². The van der Waals surface area contributed by atoms with E-state index < -0.39 is 6.36 Å². The maximum absolute atomic E-state index is 13.7. The zero-order valence-electron chi connectivity index (χ0n) is 25.4. The molecule has 3 aliphatic rings. The summed E-state index contributed by atoms with van der Waals surface area (Å²) in [5, 5.41) is 3.51. The van der Waals surface area contributed by atoms with Crippen molar-refractivity contribution in [3.63, 3.8) is 0 Å². The predicted molar refractivity (Wildman–Crippen MR) is 165 cm³/mol. The number of hydrogen-bond donors (Lipinski definition) is 2. The summed E-state index contributed by atoms with van der Waals surface area (Å²) in [5.74, 6) is 0.622. The van der Waals surface area contributed by atoms with Crippen molar-refractivity contribution in [3.8, 4) is 16.9 Å². The Morgan fingerprint density at radius 1 is 1.00 bits per heavy atom. The van der Waals surface area contributed by atoms with Crippen molar-refractivity contribution in [2.75, 3.05) is 75.5 Å². The number of benzene rings is 1. The largest absolute Gasteiger partial charge is 0.573 e. The van der Waals surface area contributed by atoms with Crippen molar-refractivity contribution in [1.29, 1.82) is 0 Å². The number of alkyl halides is 3. The van der Waals surface area contributed by atoms with Crippen LogP contribution in [0.4, 0.5) is 30.5 Å². The van der Waals surface area contributed by atoms with Gasteiger partial charge in [-0.3, -0.25) is 4.90 Å². The number of rotatable bonds is 7. The van der Waals surface area contributed by atoms with Crippen LogP contribution in [0.2, 0.25) is 0 Å². The van der Waals surface area contributed by atoms with Crippen LogP contribution < -0.4 is 20.7 Å². The van der Waals surface area contributed by atoms with Gasteiger partial charge in [0.1, 0.15) is 16.9 Å². The van der Waals surface area contributed by atoms with Crippen LogP contribution >= 0.6 is 0 Å². The second kappa shape index (κ2) is 12.9. The number of ether oxygens (including phenoxy) is 2. The highest BCUT2D eigenvalue weighted by atomic mass is 19.4. The maximum atomic E-state index is 13.7. The van der Waals surface area contributed by atoms with Gasteiger partial charge < -0.3 is 30.3 Å². The van der Waals surface area contributed by atoms with Gasteiger partial charge in [-0.15, -0.1) is 13.2 Å². The Morgan fingerprint density at radius 2 is 1.73 bits per heavy atom. The smallest absolute Gasteiger partial charge is 0.404 e. The standard InChI is InChI=1S/C31H41F3N8O2/c1-3-24-30(37-21-8-16-43-17-9-21)39-27-23(19-36-29(35)28(27)38-24)20-4-5-25(26(18-20)44-31(32,33)34)42-10-6-22(7-11-42)41-14-12-40(2)13-15-41/h4-5,18-19,21-22H,3,6-17H2,1-2H3,(H2,35,36)(H,37,39). The van der Waals surface area contributed by atoms with Gasteiger partial charge in [0.2, 0.25) is 0 Å². The lowest BCUT2D eigenvalue weighted by Gasteiger charge is -2.42. The highest BCUT2D eigenvalue weighted by Gasteiger charge is 2.34. The number of piperazine rings is 1. The summed E-state index contributed by atoms with van der Waals surface area (Å²) in [6, 6.07) is 5.58. The fourth-order valence-corrected chi connectivity index (χ4v) is 6.51. The first-order valence-corrected chi connectivity index (χ1v) is 15.6. The van der Waals surface area contributed by atoms with Crippen molar-refractivity contribution < 1.29 is 22.6 Å². The average molecular weight is 615 g/mol. The van der Waals surface area contributed by atoms with Crippen LogP contribution in [0.1, 0.15) is 38.3 Å².